The van der Waals surface area contributed by atoms with E-state index in [9.17, 15) is 4.79 Å². The molecule has 1 saturated carbocycles. The van der Waals surface area contributed by atoms with Crippen molar-refractivity contribution < 1.29 is 4.42 Å². The van der Waals surface area contributed by atoms with E-state index in [1.807, 2.05) is 18.2 Å². The summed E-state index contributed by atoms with van der Waals surface area (Å²) in [6, 6.07) is 6.40. The summed E-state index contributed by atoms with van der Waals surface area (Å²) in [5, 5.41) is 3.51. The maximum atomic E-state index is 11.1. The van der Waals surface area contributed by atoms with Gasteiger partial charge in [0.1, 0.15) is 0 Å². The molecule has 0 spiro atoms. The van der Waals surface area contributed by atoms with E-state index in [4.69, 9.17) is 10.2 Å². The first-order valence-corrected chi connectivity index (χ1v) is 6.83. The molecule has 5 heteroatoms. The average Bonchev–Trinajstić information content (AvgIpc) is 2.77. The molecule has 102 valence electrons. The number of nitrogens with two attached hydrogens (primary N) is 1. The number of fused-ring (bicyclic) bond motifs is 1. The maximum Gasteiger partial charge on any atom is 0.417 e. The van der Waals surface area contributed by atoms with Crippen LogP contribution in [0.25, 0.3) is 11.1 Å². The van der Waals surface area contributed by atoms with Crippen molar-refractivity contribution >= 4 is 11.1 Å². The number of nitrogens with one attached hydrogen (secondary N) is 2. The molecule has 0 bridgehead atoms. The molecule has 1 aliphatic carbocycles. The average molecular weight is 261 g/mol. The molecule has 4 N–H and O–H groups in total. The van der Waals surface area contributed by atoms with Gasteiger partial charge < -0.3 is 15.5 Å². The lowest BCUT2D eigenvalue weighted by Gasteiger charge is -2.29. The van der Waals surface area contributed by atoms with Crippen LogP contribution < -0.4 is 16.8 Å². The van der Waals surface area contributed by atoms with Crippen molar-refractivity contribution in [2.24, 2.45) is 5.73 Å². The highest BCUT2D eigenvalue weighted by atomic mass is 16.4. The van der Waals surface area contributed by atoms with Gasteiger partial charge in [-0.05, 0) is 30.5 Å². The maximum absolute atomic E-state index is 11.1. The minimum Gasteiger partial charge on any atom is -0.408 e. The molecule has 2 atom stereocenters. The lowest BCUT2D eigenvalue weighted by atomic mass is 9.91. The molecule has 0 saturated heterocycles. The molecule has 2 unspecified atom stereocenters. The zero-order valence-electron chi connectivity index (χ0n) is 10.8. The Kier molecular flexibility index (Phi) is 3.40. The monoisotopic (exact) mass is 261 g/mol. The van der Waals surface area contributed by atoms with Gasteiger partial charge in [-0.2, -0.15) is 0 Å². The molecular weight excluding hydrogens is 242 g/mol. The summed E-state index contributed by atoms with van der Waals surface area (Å²) in [6.45, 7) is 0.765. The van der Waals surface area contributed by atoms with E-state index in [-0.39, 0.29) is 6.04 Å². The van der Waals surface area contributed by atoms with E-state index in [0.717, 1.165) is 30.5 Å². The second-order valence-corrected chi connectivity index (χ2v) is 5.28. The van der Waals surface area contributed by atoms with Gasteiger partial charge in [0.05, 0.1) is 5.52 Å². The summed E-state index contributed by atoms with van der Waals surface area (Å²) < 4.78 is 4.98. The summed E-state index contributed by atoms with van der Waals surface area (Å²) in [6.07, 6.45) is 4.73. The number of rotatable bonds is 3. The van der Waals surface area contributed by atoms with Crippen molar-refractivity contribution in [2.45, 2.75) is 44.3 Å². The lowest BCUT2D eigenvalue weighted by molar-refractivity contribution is 0.326. The predicted molar refractivity (Wildman–Crippen MR) is 73.9 cm³/mol. The number of aromatic nitrogens is 1. The standard InChI is InChI=1S/C14H19N3O2/c15-10-3-1-2-4-11(10)16-8-9-5-6-13-12(7-9)17-14(18)19-13/h5-7,10-11,16H,1-4,8,15H2,(H,17,18). The number of hydrogen-bond acceptors (Lipinski definition) is 4. The Hall–Kier alpha value is -1.59. The van der Waals surface area contributed by atoms with Gasteiger partial charge in [0.2, 0.25) is 0 Å². The van der Waals surface area contributed by atoms with Crippen molar-refractivity contribution in [1.29, 1.82) is 0 Å². The van der Waals surface area contributed by atoms with Crippen LogP contribution in [-0.2, 0) is 6.54 Å². The fraction of sp³-hybridized carbons (Fsp3) is 0.500. The van der Waals surface area contributed by atoms with E-state index < -0.39 is 5.76 Å². The summed E-state index contributed by atoms with van der Waals surface area (Å²) in [5.41, 5.74) is 8.59. The van der Waals surface area contributed by atoms with Gasteiger partial charge in [-0.15, -0.1) is 0 Å². The van der Waals surface area contributed by atoms with Crippen LogP contribution in [0.5, 0.6) is 0 Å². The third kappa shape index (κ3) is 2.72. The molecule has 5 nitrogen and oxygen atoms in total. The number of oxazole rings is 1. The Morgan fingerprint density at radius 1 is 1.37 bits per heavy atom. The Balaban J connectivity index is 1.69. The summed E-state index contributed by atoms with van der Waals surface area (Å²) in [7, 11) is 0. The first-order chi connectivity index (χ1) is 9.22. The van der Waals surface area contributed by atoms with E-state index in [1.54, 1.807) is 0 Å². The van der Waals surface area contributed by atoms with Crippen LogP contribution in [0.2, 0.25) is 0 Å². The fourth-order valence-corrected chi connectivity index (χ4v) is 2.77. The molecule has 1 aliphatic rings. The number of benzene rings is 1. The molecule has 2 aromatic rings. The largest absolute Gasteiger partial charge is 0.417 e. The zero-order chi connectivity index (χ0) is 13.2. The van der Waals surface area contributed by atoms with E-state index in [2.05, 4.69) is 10.3 Å². The van der Waals surface area contributed by atoms with E-state index in [0.29, 0.717) is 11.6 Å². The Morgan fingerprint density at radius 2 is 2.21 bits per heavy atom. The molecular formula is C14H19N3O2. The minimum absolute atomic E-state index is 0.256. The quantitative estimate of drug-likeness (QED) is 0.781. The summed E-state index contributed by atoms with van der Waals surface area (Å²) in [4.78, 5) is 13.8. The molecule has 3 rings (SSSR count). The third-order valence-electron chi connectivity index (χ3n) is 3.87. The molecule has 0 aliphatic heterocycles. The molecule has 1 fully saturated rings. The second kappa shape index (κ2) is 5.19. The first-order valence-electron chi connectivity index (χ1n) is 6.83. The van der Waals surface area contributed by atoms with Crippen LogP contribution in [0.1, 0.15) is 31.2 Å². The van der Waals surface area contributed by atoms with Crippen LogP contribution in [0.4, 0.5) is 0 Å². The van der Waals surface area contributed by atoms with Crippen LogP contribution in [-0.4, -0.2) is 17.1 Å². The smallest absolute Gasteiger partial charge is 0.408 e. The number of aromatic amines is 1. The Morgan fingerprint density at radius 3 is 3.05 bits per heavy atom. The highest BCUT2D eigenvalue weighted by molar-refractivity contribution is 5.72. The molecule has 1 aromatic heterocycles. The lowest BCUT2D eigenvalue weighted by Crippen LogP contribution is -2.46. The van der Waals surface area contributed by atoms with Gasteiger partial charge in [0.25, 0.3) is 0 Å². The first kappa shape index (κ1) is 12.4. The zero-order valence-corrected chi connectivity index (χ0v) is 10.8. The molecule has 1 heterocycles. The normalized spacial score (nSPS) is 23.8. The van der Waals surface area contributed by atoms with Crippen LogP contribution in [0, 0.1) is 0 Å². The SMILES string of the molecule is NC1CCCCC1NCc1ccc2oc(=O)[nH]c2c1. The number of H-pyrrole nitrogens is 1. The Labute approximate surface area is 111 Å². The van der Waals surface area contributed by atoms with Crippen molar-refractivity contribution in [3.05, 3.63) is 34.3 Å². The van der Waals surface area contributed by atoms with Gasteiger partial charge in [-0.1, -0.05) is 18.9 Å². The van der Waals surface area contributed by atoms with E-state index in [1.165, 1.54) is 12.8 Å². The van der Waals surface area contributed by atoms with Gasteiger partial charge >= 0.3 is 5.76 Å². The number of hydrogen-bond donors (Lipinski definition) is 3. The third-order valence-corrected chi connectivity index (χ3v) is 3.87. The van der Waals surface area contributed by atoms with Crippen LogP contribution in [0.3, 0.4) is 0 Å². The highest BCUT2D eigenvalue weighted by Gasteiger charge is 2.20. The van der Waals surface area contributed by atoms with Gasteiger partial charge in [0.15, 0.2) is 5.58 Å². The molecule has 0 radical (unpaired) electrons. The van der Waals surface area contributed by atoms with Crippen molar-refractivity contribution in [3.8, 4) is 0 Å². The topological polar surface area (TPSA) is 84.0 Å². The fourth-order valence-electron chi connectivity index (χ4n) is 2.77. The molecule has 0 amide bonds. The van der Waals surface area contributed by atoms with Gasteiger partial charge in [-0.25, -0.2) is 4.79 Å². The van der Waals surface area contributed by atoms with Crippen LogP contribution in [0.15, 0.2) is 27.4 Å². The molecule has 19 heavy (non-hydrogen) atoms. The summed E-state index contributed by atoms with van der Waals surface area (Å²) in [5.74, 6) is -0.408. The highest BCUT2D eigenvalue weighted by Crippen LogP contribution is 2.18. The van der Waals surface area contributed by atoms with Crippen LogP contribution >= 0.6 is 0 Å². The molecule has 1 aromatic carbocycles. The van der Waals surface area contributed by atoms with Gasteiger partial charge in [-0.3, -0.25) is 4.98 Å². The predicted octanol–water partition coefficient (Wildman–Crippen LogP) is 1.48. The summed E-state index contributed by atoms with van der Waals surface area (Å²) >= 11 is 0. The van der Waals surface area contributed by atoms with Crippen molar-refractivity contribution in [3.63, 3.8) is 0 Å². The second-order valence-electron chi connectivity index (χ2n) is 5.28. The van der Waals surface area contributed by atoms with Crippen molar-refractivity contribution in [1.82, 2.24) is 10.3 Å². The Bertz CT molecular complexity index is 616. The van der Waals surface area contributed by atoms with Crippen molar-refractivity contribution in [2.75, 3.05) is 0 Å². The van der Waals surface area contributed by atoms with Gasteiger partial charge in [0, 0.05) is 18.6 Å². The minimum atomic E-state index is -0.408. The van der Waals surface area contributed by atoms with E-state index >= 15 is 0 Å².